The van der Waals surface area contributed by atoms with Gasteiger partial charge in [0.15, 0.2) is 5.96 Å². The summed E-state index contributed by atoms with van der Waals surface area (Å²) in [6.45, 7) is 11.8. The quantitative estimate of drug-likeness (QED) is 0.389. The van der Waals surface area contributed by atoms with Crippen LogP contribution in [0.25, 0.3) is 0 Å². The molecule has 8 heteroatoms. The van der Waals surface area contributed by atoms with Crippen LogP contribution in [-0.2, 0) is 0 Å². The smallest absolute Gasteiger partial charge is 0.193 e. The van der Waals surface area contributed by atoms with Gasteiger partial charge in [-0.25, -0.2) is 4.98 Å². The van der Waals surface area contributed by atoms with E-state index in [9.17, 15) is 0 Å². The number of anilines is 1. The topological polar surface area (TPSA) is 50.2 Å². The van der Waals surface area contributed by atoms with Gasteiger partial charge in [-0.2, -0.15) is 0 Å². The van der Waals surface area contributed by atoms with E-state index >= 15 is 0 Å². The molecule has 1 aromatic rings. The summed E-state index contributed by atoms with van der Waals surface area (Å²) in [4.78, 5) is 18.6. The fraction of sp³-hybridized carbons (Fsp3) is 0.684. The summed E-state index contributed by atoms with van der Waals surface area (Å²) in [5, 5.41) is 3.59. The summed E-state index contributed by atoms with van der Waals surface area (Å²) in [6, 6.07) is 6.62. The van der Waals surface area contributed by atoms with Crippen LogP contribution < -0.4 is 10.2 Å². The zero-order chi connectivity index (χ0) is 18.4. The van der Waals surface area contributed by atoms with Crippen molar-refractivity contribution in [2.75, 3.05) is 77.9 Å². The standard InChI is InChI=1S/C19H33N7.HI/c1-17(24-10-8-23(3)9-11-24)16-22-19(20-2)26-14-12-25(13-15-26)18-6-4-5-7-21-18;/h4-7,17H,8-16H2,1-3H3,(H,20,22);1H. The van der Waals surface area contributed by atoms with Crippen molar-refractivity contribution >= 4 is 35.8 Å². The molecule has 0 amide bonds. The molecule has 152 valence electrons. The molecule has 27 heavy (non-hydrogen) atoms. The molecule has 1 aromatic heterocycles. The number of hydrogen-bond acceptors (Lipinski definition) is 5. The minimum Gasteiger partial charge on any atom is -0.355 e. The van der Waals surface area contributed by atoms with Gasteiger partial charge >= 0.3 is 0 Å². The Hall–Kier alpha value is -1.13. The lowest BCUT2D eigenvalue weighted by molar-refractivity contribution is 0.119. The highest BCUT2D eigenvalue weighted by Crippen LogP contribution is 2.12. The van der Waals surface area contributed by atoms with Crippen LogP contribution in [0.15, 0.2) is 29.4 Å². The Morgan fingerprint density at radius 3 is 2.41 bits per heavy atom. The first kappa shape index (κ1) is 22.2. The van der Waals surface area contributed by atoms with Crippen molar-refractivity contribution in [3.8, 4) is 0 Å². The van der Waals surface area contributed by atoms with Crippen molar-refractivity contribution in [2.24, 2.45) is 4.99 Å². The number of nitrogens with one attached hydrogen (secondary N) is 1. The van der Waals surface area contributed by atoms with E-state index in [1.54, 1.807) is 0 Å². The molecule has 3 rings (SSSR count). The molecule has 2 aliphatic heterocycles. The number of likely N-dealkylation sites (N-methyl/N-ethyl adjacent to an activating group) is 1. The van der Waals surface area contributed by atoms with Gasteiger partial charge in [0, 0.05) is 78.2 Å². The Balaban J connectivity index is 0.00000261. The first-order valence-electron chi connectivity index (χ1n) is 9.71. The van der Waals surface area contributed by atoms with E-state index < -0.39 is 0 Å². The van der Waals surface area contributed by atoms with Gasteiger partial charge in [-0.1, -0.05) is 6.07 Å². The van der Waals surface area contributed by atoms with Crippen molar-refractivity contribution in [1.82, 2.24) is 25.0 Å². The van der Waals surface area contributed by atoms with E-state index in [0.717, 1.165) is 70.7 Å². The van der Waals surface area contributed by atoms with Crippen molar-refractivity contribution in [1.29, 1.82) is 0 Å². The summed E-state index contributed by atoms with van der Waals surface area (Å²) in [5.74, 6) is 2.09. The highest BCUT2D eigenvalue weighted by atomic mass is 127. The van der Waals surface area contributed by atoms with Gasteiger partial charge in [-0.3, -0.25) is 9.89 Å². The molecule has 1 N–H and O–H groups in total. The number of hydrogen-bond donors (Lipinski definition) is 1. The highest BCUT2D eigenvalue weighted by molar-refractivity contribution is 14.0. The third-order valence-corrected chi connectivity index (χ3v) is 5.48. The number of nitrogens with zero attached hydrogens (tertiary/aromatic N) is 6. The molecule has 1 unspecified atom stereocenters. The van der Waals surface area contributed by atoms with Crippen molar-refractivity contribution in [3.63, 3.8) is 0 Å². The van der Waals surface area contributed by atoms with Gasteiger partial charge < -0.3 is 20.0 Å². The van der Waals surface area contributed by atoms with E-state index in [1.807, 2.05) is 19.3 Å². The molecule has 0 radical (unpaired) electrons. The van der Waals surface area contributed by atoms with Gasteiger partial charge in [-0.05, 0) is 26.1 Å². The lowest BCUT2D eigenvalue weighted by Crippen LogP contribution is -2.55. The molecule has 0 aromatic carbocycles. The zero-order valence-corrected chi connectivity index (χ0v) is 19.2. The Labute approximate surface area is 180 Å². The minimum atomic E-state index is 0. The van der Waals surface area contributed by atoms with Gasteiger partial charge in [0.1, 0.15) is 5.82 Å². The van der Waals surface area contributed by atoms with Crippen LogP contribution in [0.5, 0.6) is 0 Å². The SMILES string of the molecule is CN=C(NCC(C)N1CCN(C)CC1)N1CCN(c2ccccn2)CC1.I. The van der Waals surface area contributed by atoms with E-state index in [2.05, 4.69) is 61.0 Å². The van der Waals surface area contributed by atoms with Crippen LogP contribution in [0.4, 0.5) is 5.82 Å². The van der Waals surface area contributed by atoms with Crippen LogP contribution in [0.2, 0.25) is 0 Å². The van der Waals surface area contributed by atoms with Gasteiger partial charge in [0.2, 0.25) is 0 Å². The molecule has 0 bridgehead atoms. The number of halogens is 1. The fourth-order valence-electron chi connectivity index (χ4n) is 3.65. The Morgan fingerprint density at radius 2 is 1.81 bits per heavy atom. The molecule has 3 heterocycles. The van der Waals surface area contributed by atoms with E-state index in [-0.39, 0.29) is 24.0 Å². The molecule has 0 saturated carbocycles. The number of guanidine groups is 1. The predicted octanol–water partition coefficient (Wildman–Crippen LogP) is 1.03. The average Bonchev–Trinajstić information content (AvgIpc) is 2.70. The molecule has 2 saturated heterocycles. The minimum absolute atomic E-state index is 0. The van der Waals surface area contributed by atoms with Crippen LogP contribution in [0.3, 0.4) is 0 Å². The summed E-state index contributed by atoms with van der Waals surface area (Å²) in [7, 11) is 4.08. The van der Waals surface area contributed by atoms with Crippen LogP contribution >= 0.6 is 24.0 Å². The van der Waals surface area contributed by atoms with Gasteiger partial charge in [0.05, 0.1) is 0 Å². The average molecular weight is 487 g/mol. The predicted molar refractivity (Wildman–Crippen MR) is 123 cm³/mol. The second kappa shape index (κ2) is 11.0. The molecule has 7 nitrogen and oxygen atoms in total. The first-order chi connectivity index (χ1) is 12.7. The van der Waals surface area contributed by atoms with Gasteiger partial charge in [-0.15, -0.1) is 24.0 Å². The van der Waals surface area contributed by atoms with Crippen molar-refractivity contribution < 1.29 is 0 Å². The third-order valence-electron chi connectivity index (χ3n) is 5.48. The molecule has 0 aliphatic carbocycles. The largest absolute Gasteiger partial charge is 0.355 e. The molecule has 2 fully saturated rings. The molecule has 1 atom stereocenters. The number of aromatic nitrogens is 1. The maximum Gasteiger partial charge on any atom is 0.193 e. The zero-order valence-electron chi connectivity index (χ0n) is 16.8. The number of pyridine rings is 1. The summed E-state index contributed by atoms with van der Waals surface area (Å²) >= 11 is 0. The third kappa shape index (κ3) is 6.18. The Kier molecular flexibility index (Phi) is 9.04. The molecule has 0 spiro atoms. The number of piperazine rings is 2. The highest BCUT2D eigenvalue weighted by Gasteiger charge is 2.22. The summed E-state index contributed by atoms with van der Waals surface area (Å²) < 4.78 is 0. The van der Waals surface area contributed by atoms with E-state index in [1.165, 1.54) is 0 Å². The maximum absolute atomic E-state index is 4.51. The van der Waals surface area contributed by atoms with Crippen molar-refractivity contribution in [2.45, 2.75) is 13.0 Å². The lowest BCUT2D eigenvalue weighted by Gasteiger charge is -2.39. The normalized spacial score (nSPS) is 20.9. The monoisotopic (exact) mass is 487 g/mol. The van der Waals surface area contributed by atoms with Crippen LogP contribution in [0.1, 0.15) is 6.92 Å². The van der Waals surface area contributed by atoms with E-state index in [0.29, 0.717) is 6.04 Å². The number of aliphatic imine (C=N–C) groups is 1. The molecular formula is C19H34IN7. The Morgan fingerprint density at radius 1 is 1.11 bits per heavy atom. The Bertz CT molecular complexity index is 567. The number of rotatable bonds is 4. The molecular weight excluding hydrogens is 453 g/mol. The second-order valence-corrected chi connectivity index (χ2v) is 7.28. The molecule has 2 aliphatic rings. The first-order valence-corrected chi connectivity index (χ1v) is 9.71. The van der Waals surface area contributed by atoms with Gasteiger partial charge in [0.25, 0.3) is 0 Å². The second-order valence-electron chi connectivity index (χ2n) is 7.28. The summed E-state index contributed by atoms with van der Waals surface area (Å²) in [6.07, 6.45) is 1.86. The summed E-state index contributed by atoms with van der Waals surface area (Å²) in [5.41, 5.74) is 0. The maximum atomic E-state index is 4.51. The fourth-order valence-corrected chi connectivity index (χ4v) is 3.65. The van der Waals surface area contributed by atoms with Crippen LogP contribution in [-0.4, -0.2) is 105 Å². The lowest BCUT2D eigenvalue weighted by atomic mass is 10.2. The van der Waals surface area contributed by atoms with Crippen molar-refractivity contribution in [3.05, 3.63) is 24.4 Å². The van der Waals surface area contributed by atoms with Crippen LogP contribution in [0, 0.1) is 0 Å². The van der Waals surface area contributed by atoms with E-state index in [4.69, 9.17) is 0 Å².